The fraction of sp³-hybridized carbons (Fsp3) is 1.00. The van der Waals surface area contributed by atoms with Crippen LogP contribution in [-0.4, -0.2) is 43.9 Å². The summed E-state index contributed by atoms with van der Waals surface area (Å²) in [6, 6.07) is 0.224. The Morgan fingerprint density at radius 2 is 1.95 bits per heavy atom. The van der Waals surface area contributed by atoms with Crippen molar-refractivity contribution in [1.82, 2.24) is 14.3 Å². The average Bonchev–Trinajstić information content (AvgIpc) is 3.07. The molecule has 2 rings (SSSR count). The van der Waals surface area contributed by atoms with Gasteiger partial charge in [-0.1, -0.05) is 0 Å². The van der Waals surface area contributed by atoms with Crippen molar-refractivity contribution in [3.8, 4) is 0 Å². The van der Waals surface area contributed by atoms with Crippen molar-refractivity contribution < 1.29 is 8.42 Å². The maximum Gasteiger partial charge on any atom is 0.280 e. The molecule has 0 aromatic rings. The van der Waals surface area contributed by atoms with Crippen molar-refractivity contribution in [3.63, 3.8) is 0 Å². The van der Waals surface area contributed by atoms with Gasteiger partial charge >= 0.3 is 0 Å². The summed E-state index contributed by atoms with van der Waals surface area (Å²) in [5, 5.41) is 3.36. The van der Waals surface area contributed by atoms with Crippen molar-refractivity contribution in [2.75, 3.05) is 19.6 Å². The lowest BCUT2D eigenvalue weighted by Gasteiger charge is -2.32. The number of piperidine rings is 1. The molecule has 0 aromatic carbocycles. The van der Waals surface area contributed by atoms with E-state index in [1.807, 2.05) is 20.8 Å². The quantitative estimate of drug-likeness (QED) is 0.796. The van der Waals surface area contributed by atoms with Crippen molar-refractivity contribution >= 4 is 10.2 Å². The number of hydrogen-bond acceptors (Lipinski definition) is 3. The lowest BCUT2D eigenvalue weighted by atomic mass is 10.00. The van der Waals surface area contributed by atoms with Gasteiger partial charge < -0.3 is 5.32 Å². The third kappa shape index (κ3) is 4.70. The molecule has 1 saturated heterocycles. The normalized spacial score (nSPS) is 25.8. The summed E-state index contributed by atoms with van der Waals surface area (Å²) in [4.78, 5) is 0. The zero-order valence-corrected chi connectivity index (χ0v) is 13.1. The van der Waals surface area contributed by atoms with Crippen LogP contribution in [0, 0.1) is 5.92 Å². The van der Waals surface area contributed by atoms with Gasteiger partial charge in [0.15, 0.2) is 0 Å². The smallest absolute Gasteiger partial charge is 0.280 e. The second kappa shape index (κ2) is 5.68. The molecular formula is C13H27N3O2S. The van der Waals surface area contributed by atoms with Crippen LogP contribution in [0.3, 0.4) is 0 Å². The Labute approximate surface area is 117 Å². The molecule has 1 aliphatic heterocycles. The summed E-state index contributed by atoms with van der Waals surface area (Å²) < 4.78 is 29.5. The molecule has 1 atom stereocenters. The van der Waals surface area contributed by atoms with Crippen molar-refractivity contribution in [1.29, 1.82) is 0 Å². The molecule has 1 heterocycles. The minimum Gasteiger partial charge on any atom is -0.316 e. The Morgan fingerprint density at radius 3 is 2.42 bits per heavy atom. The van der Waals surface area contributed by atoms with Crippen molar-refractivity contribution in [2.45, 2.75) is 58.0 Å². The lowest BCUT2D eigenvalue weighted by Crippen LogP contribution is -2.51. The predicted octanol–water partition coefficient (Wildman–Crippen LogP) is 1.08. The van der Waals surface area contributed by atoms with Gasteiger partial charge in [-0.3, -0.25) is 0 Å². The number of rotatable bonds is 5. The maximum atomic E-state index is 12.5. The van der Waals surface area contributed by atoms with Crippen LogP contribution in [0.2, 0.25) is 0 Å². The zero-order chi connectivity index (χ0) is 14.1. The predicted molar refractivity (Wildman–Crippen MR) is 77.1 cm³/mol. The van der Waals surface area contributed by atoms with Gasteiger partial charge in [0.05, 0.1) is 0 Å². The molecule has 0 aromatic heterocycles. The number of nitrogens with one attached hydrogen (secondary N) is 2. The molecule has 0 bridgehead atoms. The first-order valence-electron chi connectivity index (χ1n) is 7.29. The molecule has 2 N–H and O–H groups in total. The van der Waals surface area contributed by atoms with E-state index in [-0.39, 0.29) is 6.04 Å². The number of hydrogen-bond donors (Lipinski definition) is 2. The monoisotopic (exact) mass is 289 g/mol. The van der Waals surface area contributed by atoms with Gasteiger partial charge in [-0.25, -0.2) is 0 Å². The zero-order valence-electron chi connectivity index (χ0n) is 12.3. The van der Waals surface area contributed by atoms with E-state index in [2.05, 4.69) is 10.0 Å². The standard InChI is InChI=1S/C13H27N3O2S/c1-13(2,3)15-19(17,18)16(12-6-7-12)10-11-5-4-8-14-9-11/h11-12,14-15H,4-10H2,1-3H3. The molecule has 0 spiro atoms. The second-order valence-corrected chi connectivity index (χ2v) is 8.49. The van der Waals surface area contributed by atoms with E-state index < -0.39 is 15.7 Å². The van der Waals surface area contributed by atoms with Crippen LogP contribution in [0.5, 0.6) is 0 Å². The fourth-order valence-electron chi connectivity index (χ4n) is 2.59. The van der Waals surface area contributed by atoms with Gasteiger partial charge in [0, 0.05) is 18.1 Å². The first-order chi connectivity index (χ1) is 8.78. The Morgan fingerprint density at radius 1 is 1.26 bits per heavy atom. The highest BCUT2D eigenvalue weighted by molar-refractivity contribution is 7.87. The van der Waals surface area contributed by atoms with Crippen molar-refractivity contribution in [3.05, 3.63) is 0 Å². The molecule has 6 heteroatoms. The topological polar surface area (TPSA) is 61.4 Å². The highest BCUT2D eigenvalue weighted by Crippen LogP contribution is 2.31. The lowest BCUT2D eigenvalue weighted by molar-refractivity contribution is 0.281. The molecule has 5 nitrogen and oxygen atoms in total. The molecule has 1 saturated carbocycles. The third-order valence-corrected chi connectivity index (χ3v) is 5.47. The molecule has 1 aliphatic carbocycles. The van der Waals surface area contributed by atoms with Crippen LogP contribution in [-0.2, 0) is 10.2 Å². The Bertz CT molecular complexity index is 393. The molecule has 19 heavy (non-hydrogen) atoms. The SMILES string of the molecule is CC(C)(C)NS(=O)(=O)N(CC1CCCNC1)C1CC1. The molecule has 0 amide bonds. The van der Waals surface area contributed by atoms with Gasteiger partial charge in [-0.15, -0.1) is 0 Å². The van der Waals surface area contributed by atoms with Gasteiger partial charge in [0.2, 0.25) is 0 Å². The van der Waals surface area contributed by atoms with Crippen LogP contribution in [0.4, 0.5) is 0 Å². The largest absolute Gasteiger partial charge is 0.316 e. The first kappa shape index (κ1) is 15.2. The summed E-state index contributed by atoms with van der Waals surface area (Å²) in [7, 11) is -3.36. The summed E-state index contributed by atoms with van der Waals surface area (Å²) in [5.74, 6) is 0.450. The summed E-state index contributed by atoms with van der Waals surface area (Å²) in [6.07, 6.45) is 4.29. The minimum atomic E-state index is -3.36. The van der Waals surface area contributed by atoms with Gasteiger partial charge in [0.1, 0.15) is 0 Å². The molecule has 0 radical (unpaired) electrons. The Balaban J connectivity index is 2.02. The van der Waals surface area contributed by atoms with E-state index in [9.17, 15) is 8.42 Å². The minimum absolute atomic E-state index is 0.224. The molecule has 1 unspecified atom stereocenters. The summed E-state index contributed by atoms with van der Waals surface area (Å²) >= 11 is 0. The van der Waals surface area contributed by atoms with Gasteiger partial charge in [0.25, 0.3) is 10.2 Å². The van der Waals surface area contributed by atoms with Crippen LogP contribution in [0.15, 0.2) is 0 Å². The van der Waals surface area contributed by atoms with Crippen LogP contribution in [0.1, 0.15) is 46.5 Å². The molecule has 2 fully saturated rings. The van der Waals surface area contributed by atoms with Crippen molar-refractivity contribution in [2.24, 2.45) is 5.92 Å². The van der Waals surface area contributed by atoms with Crippen LogP contribution >= 0.6 is 0 Å². The Hall–Kier alpha value is -0.170. The highest BCUT2D eigenvalue weighted by Gasteiger charge is 2.39. The van der Waals surface area contributed by atoms with E-state index in [4.69, 9.17) is 0 Å². The van der Waals surface area contributed by atoms with Crippen LogP contribution in [0.25, 0.3) is 0 Å². The summed E-state index contributed by atoms with van der Waals surface area (Å²) in [5.41, 5.74) is -0.420. The number of nitrogens with zero attached hydrogens (tertiary/aromatic N) is 1. The van der Waals surface area contributed by atoms with E-state index in [1.165, 1.54) is 0 Å². The van der Waals surface area contributed by atoms with Gasteiger partial charge in [-0.05, 0) is 65.5 Å². The Kier molecular flexibility index (Phi) is 4.55. The molecule has 2 aliphatic rings. The first-order valence-corrected chi connectivity index (χ1v) is 8.73. The van der Waals surface area contributed by atoms with Gasteiger partial charge in [-0.2, -0.15) is 17.4 Å². The average molecular weight is 289 g/mol. The molecular weight excluding hydrogens is 262 g/mol. The maximum absolute atomic E-state index is 12.5. The van der Waals surface area contributed by atoms with E-state index in [1.54, 1.807) is 4.31 Å². The summed E-state index contributed by atoms with van der Waals surface area (Å²) in [6.45, 7) is 8.32. The van der Waals surface area contributed by atoms with E-state index in [0.717, 1.165) is 38.8 Å². The third-order valence-electron chi connectivity index (χ3n) is 3.54. The highest BCUT2D eigenvalue weighted by atomic mass is 32.2. The van der Waals surface area contributed by atoms with Crippen LogP contribution < -0.4 is 10.0 Å². The fourth-order valence-corrected chi connectivity index (χ4v) is 4.49. The van der Waals surface area contributed by atoms with E-state index in [0.29, 0.717) is 12.5 Å². The molecule has 112 valence electrons. The van der Waals surface area contributed by atoms with E-state index >= 15 is 0 Å². The second-order valence-electron chi connectivity index (χ2n) is 6.87.